The molecule has 0 saturated heterocycles. The van der Waals surface area contributed by atoms with Gasteiger partial charge in [0.05, 0.1) is 7.11 Å². The fourth-order valence-corrected chi connectivity index (χ4v) is 3.22. The van der Waals surface area contributed by atoms with Crippen molar-refractivity contribution in [2.24, 2.45) is 4.99 Å². The van der Waals surface area contributed by atoms with Gasteiger partial charge in [0.15, 0.2) is 0 Å². The molecule has 3 nitrogen and oxygen atoms in total. The van der Waals surface area contributed by atoms with E-state index in [1.807, 2.05) is 30.3 Å². The third-order valence-electron chi connectivity index (χ3n) is 4.52. The molecule has 1 atom stereocenters. The number of rotatable bonds is 5. The molecule has 3 heteroatoms. The van der Waals surface area contributed by atoms with E-state index in [-0.39, 0.29) is 5.92 Å². The standard InChI is InChI=1S/C21H23NO2/c1-24-21-9-7-17(8-10-21)18-13-19(15-20(23)14-18)22-12-11-16-5-3-2-4-6-16/h2-10,18H,11-15H2,1H3/t18-/m0/s1. The Morgan fingerprint density at radius 1 is 1.04 bits per heavy atom. The predicted octanol–water partition coefficient (Wildman–Crippen LogP) is 4.22. The molecule has 3 rings (SSSR count). The third-order valence-corrected chi connectivity index (χ3v) is 4.52. The van der Waals surface area contributed by atoms with E-state index >= 15 is 0 Å². The van der Waals surface area contributed by atoms with Crippen molar-refractivity contribution in [2.75, 3.05) is 13.7 Å². The van der Waals surface area contributed by atoms with Crippen LogP contribution in [-0.4, -0.2) is 25.1 Å². The summed E-state index contributed by atoms with van der Waals surface area (Å²) in [6, 6.07) is 18.4. The predicted molar refractivity (Wildman–Crippen MR) is 97.0 cm³/mol. The fraction of sp³-hybridized carbons (Fsp3) is 0.333. The lowest BCUT2D eigenvalue weighted by atomic mass is 9.82. The van der Waals surface area contributed by atoms with Crippen LogP contribution in [0.2, 0.25) is 0 Å². The van der Waals surface area contributed by atoms with Gasteiger partial charge in [0.25, 0.3) is 0 Å². The van der Waals surface area contributed by atoms with Crippen molar-refractivity contribution < 1.29 is 9.53 Å². The Morgan fingerprint density at radius 3 is 2.50 bits per heavy atom. The molecule has 0 aromatic heterocycles. The Hall–Kier alpha value is -2.42. The van der Waals surface area contributed by atoms with Gasteiger partial charge in [-0.1, -0.05) is 42.5 Å². The van der Waals surface area contributed by atoms with Gasteiger partial charge < -0.3 is 4.74 Å². The van der Waals surface area contributed by atoms with Crippen LogP contribution < -0.4 is 4.74 Å². The lowest BCUT2D eigenvalue weighted by molar-refractivity contribution is -0.118. The zero-order chi connectivity index (χ0) is 16.8. The van der Waals surface area contributed by atoms with Gasteiger partial charge in [-0.3, -0.25) is 9.79 Å². The minimum Gasteiger partial charge on any atom is -0.497 e. The molecule has 0 unspecified atom stereocenters. The van der Waals surface area contributed by atoms with Crippen LogP contribution in [-0.2, 0) is 11.2 Å². The number of ether oxygens (including phenoxy) is 1. The number of benzene rings is 2. The average Bonchev–Trinajstić information content (AvgIpc) is 2.62. The largest absolute Gasteiger partial charge is 0.497 e. The van der Waals surface area contributed by atoms with E-state index in [4.69, 9.17) is 9.73 Å². The molecular weight excluding hydrogens is 298 g/mol. The Kier molecular flexibility index (Phi) is 5.42. The third kappa shape index (κ3) is 4.31. The number of ketones is 1. The number of hydrogen-bond acceptors (Lipinski definition) is 3. The van der Waals surface area contributed by atoms with Gasteiger partial charge in [0.2, 0.25) is 0 Å². The van der Waals surface area contributed by atoms with Crippen LogP contribution in [0.15, 0.2) is 59.6 Å². The molecule has 1 aliphatic rings. The van der Waals surface area contributed by atoms with Crippen LogP contribution in [0, 0.1) is 0 Å². The van der Waals surface area contributed by atoms with Crippen LogP contribution in [0.3, 0.4) is 0 Å². The number of carbonyl (C=O) groups excluding carboxylic acids is 1. The van der Waals surface area contributed by atoms with Crippen LogP contribution in [0.25, 0.3) is 0 Å². The first-order chi connectivity index (χ1) is 11.7. The van der Waals surface area contributed by atoms with E-state index in [1.54, 1.807) is 7.11 Å². The molecule has 0 amide bonds. The summed E-state index contributed by atoms with van der Waals surface area (Å²) in [6.07, 6.45) is 2.93. The molecule has 1 aliphatic carbocycles. The minimum absolute atomic E-state index is 0.243. The summed E-state index contributed by atoms with van der Waals surface area (Å²) in [6.45, 7) is 0.752. The molecule has 1 fully saturated rings. The van der Waals surface area contributed by atoms with Crippen molar-refractivity contribution >= 4 is 11.5 Å². The molecule has 2 aromatic rings. The number of methoxy groups -OCH3 is 1. The van der Waals surface area contributed by atoms with Crippen LogP contribution in [0.1, 0.15) is 36.3 Å². The van der Waals surface area contributed by atoms with E-state index < -0.39 is 0 Å². The number of aliphatic imine (C=N–C) groups is 1. The van der Waals surface area contributed by atoms with Crippen molar-refractivity contribution in [1.29, 1.82) is 0 Å². The molecule has 0 heterocycles. The summed E-state index contributed by atoms with van der Waals surface area (Å²) < 4.78 is 5.20. The SMILES string of the molecule is COc1ccc([C@@H]2CC(=O)CC(=NCCc3ccccc3)C2)cc1. The van der Waals surface area contributed by atoms with Crippen molar-refractivity contribution in [1.82, 2.24) is 0 Å². The maximum absolute atomic E-state index is 12.1. The topological polar surface area (TPSA) is 38.7 Å². The van der Waals surface area contributed by atoms with Crippen LogP contribution in [0.5, 0.6) is 5.75 Å². The van der Waals surface area contributed by atoms with E-state index in [0.29, 0.717) is 18.6 Å². The molecular formula is C21H23NO2. The summed E-state index contributed by atoms with van der Waals surface area (Å²) in [5, 5.41) is 0. The lowest BCUT2D eigenvalue weighted by Crippen LogP contribution is -2.22. The van der Waals surface area contributed by atoms with Crippen molar-refractivity contribution in [2.45, 2.75) is 31.6 Å². The Labute approximate surface area is 143 Å². The summed E-state index contributed by atoms with van der Waals surface area (Å²) in [4.78, 5) is 16.8. The maximum atomic E-state index is 12.1. The van der Waals surface area contributed by atoms with Crippen molar-refractivity contribution in [3.8, 4) is 5.75 Å². The molecule has 24 heavy (non-hydrogen) atoms. The minimum atomic E-state index is 0.243. The first-order valence-corrected chi connectivity index (χ1v) is 8.46. The van der Waals surface area contributed by atoms with E-state index in [0.717, 1.165) is 30.8 Å². The second kappa shape index (κ2) is 7.91. The van der Waals surface area contributed by atoms with Gasteiger partial charge >= 0.3 is 0 Å². The molecule has 0 aliphatic heterocycles. The quantitative estimate of drug-likeness (QED) is 0.827. The summed E-state index contributed by atoms with van der Waals surface area (Å²) in [5.74, 6) is 1.38. The van der Waals surface area contributed by atoms with Gasteiger partial charge in [-0.15, -0.1) is 0 Å². The molecule has 1 saturated carbocycles. The molecule has 2 aromatic carbocycles. The zero-order valence-electron chi connectivity index (χ0n) is 14.1. The van der Waals surface area contributed by atoms with E-state index in [1.165, 1.54) is 11.1 Å². The smallest absolute Gasteiger partial charge is 0.139 e. The molecule has 0 N–H and O–H groups in total. The molecule has 0 spiro atoms. The van der Waals surface area contributed by atoms with Crippen molar-refractivity contribution in [3.63, 3.8) is 0 Å². The lowest BCUT2D eigenvalue weighted by Gasteiger charge is -2.23. The molecule has 0 radical (unpaired) electrons. The molecule has 0 bridgehead atoms. The first-order valence-electron chi connectivity index (χ1n) is 8.46. The normalized spacial score (nSPS) is 19.5. The van der Waals surface area contributed by atoms with E-state index in [9.17, 15) is 4.79 Å². The second-order valence-corrected chi connectivity index (χ2v) is 6.28. The van der Waals surface area contributed by atoms with Gasteiger partial charge in [0, 0.05) is 25.1 Å². The Bertz CT molecular complexity index is 704. The second-order valence-electron chi connectivity index (χ2n) is 6.28. The zero-order valence-corrected chi connectivity index (χ0v) is 14.1. The Morgan fingerprint density at radius 2 is 1.79 bits per heavy atom. The van der Waals surface area contributed by atoms with Gasteiger partial charge in [0.1, 0.15) is 11.5 Å². The number of carbonyl (C=O) groups is 1. The van der Waals surface area contributed by atoms with Gasteiger partial charge in [-0.25, -0.2) is 0 Å². The van der Waals surface area contributed by atoms with Crippen LogP contribution >= 0.6 is 0 Å². The highest BCUT2D eigenvalue weighted by atomic mass is 16.5. The highest BCUT2D eigenvalue weighted by Gasteiger charge is 2.25. The number of nitrogens with zero attached hydrogens (tertiary/aromatic N) is 1. The summed E-state index contributed by atoms with van der Waals surface area (Å²) >= 11 is 0. The van der Waals surface area contributed by atoms with E-state index in [2.05, 4.69) is 24.3 Å². The number of Topliss-reactive ketones (excluding diaryl/α,β-unsaturated/α-hetero) is 1. The van der Waals surface area contributed by atoms with Gasteiger partial charge in [-0.05, 0) is 42.0 Å². The summed E-state index contributed by atoms with van der Waals surface area (Å²) in [5.41, 5.74) is 3.53. The fourth-order valence-electron chi connectivity index (χ4n) is 3.22. The highest BCUT2D eigenvalue weighted by Crippen LogP contribution is 2.30. The van der Waals surface area contributed by atoms with Crippen LogP contribution in [0.4, 0.5) is 0 Å². The summed E-state index contributed by atoms with van der Waals surface area (Å²) in [7, 11) is 1.66. The Balaban J connectivity index is 1.64. The highest BCUT2D eigenvalue weighted by molar-refractivity contribution is 6.05. The van der Waals surface area contributed by atoms with Crippen molar-refractivity contribution in [3.05, 3.63) is 65.7 Å². The first kappa shape index (κ1) is 16.4. The molecule has 124 valence electrons. The van der Waals surface area contributed by atoms with Gasteiger partial charge in [-0.2, -0.15) is 0 Å². The number of hydrogen-bond donors (Lipinski definition) is 0. The average molecular weight is 321 g/mol. The maximum Gasteiger partial charge on any atom is 0.139 e. The monoisotopic (exact) mass is 321 g/mol.